The molecular formula is C44H50Cl2N8O8. The van der Waals surface area contributed by atoms with Crippen molar-refractivity contribution in [2.45, 2.75) is 71.8 Å². The Kier molecular flexibility index (Phi) is 17.7. The smallest absolute Gasteiger partial charge is 0.251 e. The zero-order valence-corrected chi connectivity index (χ0v) is 36.8. The Morgan fingerprint density at radius 2 is 1.13 bits per heavy atom. The van der Waals surface area contributed by atoms with Gasteiger partial charge in [-0.2, -0.15) is 4.98 Å². The van der Waals surface area contributed by atoms with E-state index in [1.807, 2.05) is 52.0 Å². The first-order valence-corrected chi connectivity index (χ1v) is 20.2. The van der Waals surface area contributed by atoms with Crippen LogP contribution in [0, 0.1) is 6.92 Å². The Balaban J connectivity index is 0.000000273. The second kappa shape index (κ2) is 22.8. The number of carbonyl (C=O) groups excluding carboxylic acids is 4. The number of likely N-dealkylation sites (N-methyl/N-ethyl adjacent to an activating group) is 2. The van der Waals surface area contributed by atoms with Crippen molar-refractivity contribution in [3.63, 3.8) is 0 Å². The standard InChI is InChI=1S/C23H25ClN4O4.C21H25ClN4O4/c1-13(2)31-20-10-9-17(12-18(20)24)22(29)27-19(23(30)25-4)11-15-5-7-16(8-6-15)21-26-14(3)32-28-21;1-12(2)30-18-9-8-15(11-16(18)22)20(27)25-17(21(28)24-3)10-13-4-6-14(7-5-13)19(23)26-29/h5-10,12-13,19H,11H2,1-4H3,(H,25,30)(H,27,29);4-9,11-12,17,29H,10H2,1-3H3,(H2,23,26)(H,24,28)(H,25,27)/t19-;17-/m00/s1. The van der Waals surface area contributed by atoms with Crippen LogP contribution in [0.25, 0.3) is 11.4 Å². The van der Waals surface area contributed by atoms with E-state index in [1.165, 1.54) is 26.2 Å². The fourth-order valence-electron chi connectivity index (χ4n) is 5.78. The first-order chi connectivity index (χ1) is 29.5. The monoisotopic (exact) mass is 888 g/mol. The zero-order valence-electron chi connectivity index (χ0n) is 35.3. The van der Waals surface area contributed by atoms with E-state index in [0.29, 0.717) is 56.4 Å². The molecule has 4 aromatic carbocycles. The van der Waals surface area contributed by atoms with Gasteiger partial charge in [0, 0.05) is 56.1 Å². The van der Waals surface area contributed by atoms with Gasteiger partial charge in [0.25, 0.3) is 11.8 Å². The van der Waals surface area contributed by atoms with Crippen LogP contribution in [-0.2, 0) is 22.4 Å². The number of nitrogens with zero attached hydrogens (tertiary/aromatic N) is 3. The van der Waals surface area contributed by atoms with Gasteiger partial charge in [-0.25, -0.2) is 0 Å². The van der Waals surface area contributed by atoms with Gasteiger partial charge in [-0.15, -0.1) is 0 Å². The fraction of sp³-hybridized carbons (Fsp3) is 0.295. The Hall–Kier alpha value is -6.65. The molecule has 0 bridgehead atoms. The molecule has 62 heavy (non-hydrogen) atoms. The Labute approximate surface area is 369 Å². The van der Waals surface area contributed by atoms with Crippen molar-refractivity contribution < 1.29 is 38.4 Å². The minimum atomic E-state index is -0.803. The third-order valence-electron chi connectivity index (χ3n) is 8.83. The van der Waals surface area contributed by atoms with Gasteiger partial charge in [0.15, 0.2) is 5.84 Å². The Morgan fingerprint density at radius 1 is 0.710 bits per heavy atom. The lowest BCUT2D eigenvalue weighted by Crippen LogP contribution is -2.47. The normalized spacial score (nSPS) is 12.1. The first kappa shape index (κ1) is 48.0. The van der Waals surface area contributed by atoms with Crippen molar-refractivity contribution in [2.24, 2.45) is 10.9 Å². The van der Waals surface area contributed by atoms with Crippen LogP contribution >= 0.6 is 23.2 Å². The van der Waals surface area contributed by atoms with E-state index < -0.39 is 23.9 Å². The van der Waals surface area contributed by atoms with Crippen molar-refractivity contribution in [3.8, 4) is 22.9 Å². The van der Waals surface area contributed by atoms with Gasteiger partial charge >= 0.3 is 0 Å². The number of rotatable bonds is 16. The van der Waals surface area contributed by atoms with Crippen LogP contribution in [-0.4, -0.2) is 83.2 Å². The lowest BCUT2D eigenvalue weighted by Gasteiger charge is -2.18. The quantitative estimate of drug-likeness (QED) is 0.0296. The van der Waals surface area contributed by atoms with E-state index in [-0.39, 0.29) is 36.3 Å². The second-order valence-electron chi connectivity index (χ2n) is 14.3. The maximum absolute atomic E-state index is 12.8. The number of benzene rings is 4. The molecule has 1 aromatic heterocycles. The fourth-order valence-corrected chi connectivity index (χ4v) is 6.23. The van der Waals surface area contributed by atoms with Crippen LogP contribution in [0.2, 0.25) is 10.0 Å². The molecule has 0 aliphatic carbocycles. The van der Waals surface area contributed by atoms with E-state index in [9.17, 15) is 19.2 Å². The topological polar surface area (TPSA) is 232 Å². The minimum Gasteiger partial charge on any atom is -0.489 e. The highest BCUT2D eigenvalue weighted by Crippen LogP contribution is 2.28. The number of hydrogen-bond donors (Lipinski definition) is 6. The van der Waals surface area contributed by atoms with Crippen molar-refractivity contribution in [3.05, 3.63) is 129 Å². The van der Waals surface area contributed by atoms with E-state index in [4.69, 9.17) is 48.1 Å². The van der Waals surface area contributed by atoms with Crippen LogP contribution < -0.4 is 36.5 Å². The van der Waals surface area contributed by atoms with Crippen LogP contribution in [0.4, 0.5) is 0 Å². The Morgan fingerprint density at radius 3 is 1.48 bits per heavy atom. The number of carbonyl (C=O) groups is 4. The number of amides is 4. The number of hydrogen-bond acceptors (Lipinski definition) is 11. The summed E-state index contributed by atoms with van der Waals surface area (Å²) in [4.78, 5) is 54.4. The van der Waals surface area contributed by atoms with Crippen molar-refractivity contribution in [2.75, 3.05) is 14.1 Å². The molecule has 0 fully saturated rings. The molecule has 5 rings (SSSR count). The van der Waals surface area contributed by atoms with E-state index >= 15 is 0 Å². The molecule has 0 spiro atoms. The maximum Gasteiger partial charge on any atom is 0.251 e. The van der Waals surface area contributed by atoms with Crippen molar-refractivity contribution in [1.82, 2.24) is 31.4 Å². The first-order valence-electron chi connectivity index (χ1n) is 19.5. The molecule has 1 heterocycles. The molecule has 0 unspecified atom stereocenters. The summed E-state index contributed by atoms with van der Waals surface area (Å²) in [5, 5.41) is 26.9. The number of halogens is 2. The highest BCUT2D eigenvalue weighted by atomic mass is 35.5. The van der Waals surface area contributed by atoms with E-state index in [0.717, 1.165) is 16.7 Å². The predicted molar refractivity (Wildman–Crippen MR) is 236 cm³/mol. The number of ether oxygens (including phenoxy) is 2. The van der Waals surface area contributed by atoms with Gasteiger partial charge in [-0.05, 0) is 75.2 Å². The molecule has 18 heteroatoms. The van der Waals surface area contributed by atoms with Gasteiger partial charge in [0.05, 0.1) is 22.3 Å². The molecule has 0 saturated heterocycles. The SMILES string of the molecule is CNC(=O)[C@H](Cc1ccc(-c2noc(C)n2)cc1)NC(=O)c1ccc(OC(C)C)c(Cl)c1.CNC(=O)[C@H](Cc1ccc(/C(N)=N/O)cc1)NC(=O)c1ccc(OC(C)C)c(Cl)c1. The minimum absolute atomic E-state index is 0.0144. The molecule has 328 valence electrons. The zero-order chi connectivity index (χ0) is 45.5. The summed E-state index contributed by atoms with van der Waals surface area (Å²) in [5.41, 5.74) is 9.19. The average Bonchev–Trinajstić information content (AvgIpc) is 3.69. The maximum atomic E-state index is 12.8. The number of amidine groups is 1. The molecular weight excluding hydrogens is 839 g/mol. The molecule has 0 saturated carbocycles. The number of oxime groups is 1. The molecule has 0 aliphatic rings. The summed E-state index contributed by atoms with van der Waals surface area (Å²) in [6, 6.07) is 22.1. The van der Waals surface area contributed by atoms with Gasteiger partial charge < -0.3 is 46.2 Å². The third kappa shape index (κ3) is 14.0. The van der Waals surface area contributed by atoms with Crippen molar-refractivity contribution in [1.29, 1.82) is 0 Å². The summed E-state index contributed by atoms with van der Waals surface area (Å²) in [6.07, 6.45) is 0.467. The van der Waals surface area contributed by atoms with Gasteiger partial charge in [-0.1, -0.05) is 82.0 Å². The van der Waals surface area contributed by atoms with Crippen LogP contribution in [0.1, 0.15) is 71.0 Å². The van der Waals surface area contributed by atoms with Crippen LogP contribution in [0.5, 0.6) is 11.5 Å². The Bertz CT molecular complexity index is 2350. The van der Waals surface area contributed by atoms with Crippen molar-refractivity contribution >= 4 is 52.7 Å². The molecule has 5 aromatic rings. The van der Waals surface area contributed by atoms with Crippen LogP contribution in [0.3, 0.4) is 0 Å². The second-order valence-corrected chi connectivity index (χ2v) is 15.1. The van der Waals surface area contributed by atoms with Gasteiger partial charge in [0.2, 0.25) is 23.5 Å². The molecule has 0 radical (unpaired) electrons. The number of nitrogens with one attached hydrogen (secondary N) is 4. The summed E-state index contributed by atoms with van der Waals surface area (Å²) >= 11 is 12.4. The molecule has 16 nitrogen and oxygen atoms in total. The summed E-state index contributed by atoms with van der Waals surface area (Å²) in [6.45, 7) is 9.26. The summed E-state index contributed by atoms with van der Waals surface area (Å²) in [5.74, 6) is 0.457. The molecule has 0 aliphatic heterocycles. The number of aryl methyl sites for hydroxylation is 1. The number of nitrogens with two attached hydrogens (primary N) is 1. The molecule has 7 N–H and O–H groups in total. The largest absolute Gasteiger partial charge is 0.489 e. The molecule has 4 amide bonds. The summed E-state index contributed by atoms with van der Waals surface area (Å²) in [7, 11) is 3.02. The van der Waals surface area contributed by atoms with Gasteiger partial charge in [-0.3, -0.25) is 19.2 Å². The highest BCUT2D eigenvalue weighted by molar-refractivity contribution is 6.32. The van der Waals surface area contributed by atoms with Crippen LogP contribution in [0.15, 0.2) is 94.6 Å². The summed E-state index contributed by atoms with van der Waals surface area (Å²) < 4.78 is 16.2. The van der Waals surface area contributed by atoms with E-state index in [2.05, 4.69) is 36.6 Å². The lowest BCUT2D eigenvalue weighted by molar-refractivity contribution is -0.123. The third-order valence-corrected chi connectivity index (χ3v) is 9.42. The lowest BCUT2D eigenvalue weighted by atomic mass is 10.0. The van der Waals surface area contributed by atoms with E-state index in [1.54, 1.807) is 55.5 Å². The van der Waals surface area contributed by atoms with Gasteiger partial charge in [0.1, 0.15) is 23.6 Å². The average molecular weight is 890 g/mol. The number of aromatic nitrogens is 2. The highest BCUT2D eigenvalue weighted by Gasteiger charge is 2.23. The predicted octanol–water partition coefficient (Wildman–Crippen LogP) is 5.88. The molecule has 2 atom stereocenters.